The van der Waals surface area contributed by atoms with Crippen LogP contribution in [-0.4, -0.2) is 36.0 Å². The molecule has 2 aromatic heterocycles. The second-order valence-corrected chi connectivity index (χ2v) is 4.56. The molecule has 0 unspecified atom stereocenters. The summed E-state index contributed by atoms with van der Waals surface area (Å²) in [6, 6.07) is 0.203. The van der Waals surface area contributed by atoms with Gasteiger partial charge in [0.2, 0.25) is 5.28 Å². The molecule has 0 bridgehead atoms. The highest BCUT2D eigenvalue weighted by atomic mass is 35.5. The minimum absolute atomic E-state index is 0.0370. The van der Waals surface area contributed by atoms with Gasteiger partial charge < -0.3 is 4.74 Å². The quantitative estimate of drug-likeness (QED) is 0.834. The molecule has 0 radical (unpaired) electrons. The van der Waals surface area contributed by atoms with E-state index in [1.165, 1.54) is 0 Å². The second kappa shape index (κ2) is 5.92. The predicted octanol–water partition coefficient (Wildman–Crippen LogP) is 1.98. The van der Waals surface area contributed by atoms with Gasteiger partial charge in [-0.25, -0.2) is 4.68 Å². The molecule has 0 saturated carbocycles. The highest BCUT2D eigenvalue weighted by molar-refractivity contribution is 6.28. The average Bonchev–Trinajstić information content (AvgIpc) is 2.76. The third-order valence-corrected chi connectivity index (χ3v) is 2.38. The first-order valence-corrected chi connectivity index (χ1v) is 6.45. The van der Waals surface area contributed by atoms with Gasteiger partial charge in [-0.2, -0.15) is 15.0 Å². The number of aryl methyl sites for hydroxylation is 1. The van der Waals surface area contributed by atoms with Gasteiger partial charge in [-0.1, -0.05) is 12.1 Å². The maximum absolute atomic E-state index is 5.89. The first kappa shape index (κ1) is 13.7. The number of nitrogens with zero attached hydrogens (tertiary/aromatic N) is 6. The van der Waals surface area contributed by atoms with Crippen molar-refractivity contribution in [2.75, 3.05) is 0 Å². The lowest BCUT2D eigenvalue weighted by atomic mass is 10.4. The van der Waals surface area contributed by atoms with Gasteiger partial charge in [0, 0.05) is 6.54 Å². The van der Waals surface area contributed by atoms with Crippen molar-refractivity contribution in [3.8, 4) is 17.5 Å². The molecule has 0 N–H and O–H groups in total. The lowest BCUT2D eigenvalue weighted by molar-refractivity contribution is 0.221. The summed E-state index contributed by atoms with van der Waals surface area (Å²) in [5.74, 6) is 0.411. The first-order chi connectivity index (χ1) is 9.10. The highest BCUT2D eigenvalue weighted by Crippen LogP contribution is 2.18. The van der Waals surface area contributed by atoms with E-state index < -0.39 is 0 Å². The Labute approximate surface area is 116 Å². The molecule has 102 valence electrons. The van der Waals surface area contributed by atoms with Crippen LogP contribution >= 0.6 is 11.6 Å². The Morgan fingerprint density at radius 1 is 1.32 bits per heavy atom. The number of rotatable bonds is 5. The average molecular weight is 283 g/mol. The van der Waals surface area contributed by atoms with Crippen LogP contribution in [0.5, 0.6) is 6.01 Å². The summed E-state index contributed by atoms with van der Waals surface area (Å²) >= 11 is 5.89. The molecule has 19 heavy (non-hydrogen) atoms. The molecule has 0 amide bonds. The van der Waals surface area contributed by atoms with Crippen molar-refractivity contribution in [3.63, 3.8) is 0 Å². The van der Waals surface area contributed by atoms with E-state index in [0.717, 1.165) is 13.0 Å². The normalized spacial score (nSPS) is 11.0. The van der Waals surface area contributed by atoms with Gasteiger partial charge in [-0.15, -0.1) is 5.10 Å². The number of hydrogen-bond acceptors (Lipinski definition) is 6. The van der Waals surface area contributed by atoms with Crippen molar-refractivity contribution >= 4 is 11.6 Å². The molecule has 2 heterocycles. The zero-order valence-electron chi connectivity index (χ0n) is 11.0. The summed E-state index contributed by atoms with van der Waals surface area (Å²) < 4.78 is 7.16. The number of ether oxygens (including phenoxy) is 1. The summed E-state index contributed by atoms with van der Waals surface area (Å²) in [7, 11) is 0. The molecule has 0 fully saturated rings. The number of halogens is 1. The van der Waals surface area contributed by atoms with Gasteiger partial charge in [-0.3, -0.25) is 0 Å². The van der Waals surface area contributed by atoms with Gasteiger partial charge in [0.1, 0.15) is 5.69 Å². The molecule has 0 aliphatic carbocycles. The van der Waals surface area contributed by atoms with E-state index in [2.05, 4.69) is 32.2 Å². The lowest BCUT2D eigenvalue weighted by Crippen LogP contribution is -2.10. The Morgan fingerprint density at radius 2 is 2.11 bits per heavy atom. The Kier molecular flexibility index (Phi) is 4.26. The maximum Gasteiger partial charge on any atom is 0.321 e. The van der Waals surface area contributed by atoms with Crippen LogP contribution in [-0.2, 0) is 6.54 Å². The van der Waals surface area contributed by atoms with Crippen LogP contribution in [0.3, 0.4) is 0 Å². The zero-order chi connectivity index (χ0) is 13.8. The van der Waals surface area contributed by atoms with E-state index in [1.807, 2.05) is 13.8 Å². The van der Waals surface area contributed by atoms with Crippen molar-refractivity contribution in [3.05, 3.63) is 11.5 Å². The minimum atomic E-state index is -0.0370. The first-order valence-electron chi connectivity index (χ1n) is 6.07. The highest BCUT2D eigenvalue weighted by Gasteiger charge is 2.14. The third-order valence-electron chi connectivity index (χ3n) is 2.21. The van der Waals surface area contributed by atoms with Gasteiger partial charge in [0.15, 0.2) is 5.82 Å². The molecule has 0 aliphatic heterocycles. The van der Waals surface area contributed by atoms with E-state index in [4.69, 9.17) is 16.3 Å². The fourth-order valence-corrected chi connectivity index (χ4v) is 1.67. The summed E-state index contributed by atoms with van der Waals surface area (Å²) in [5, 5.41) is 7.94. The van der Waals surface area contributed by atoms with E-state index in [1.54, 1.807) is 10.9 Å². The van der Waals surface area contributed by atoms with E-state index >= 15 is 0 Å². The van der Waals surface area contributed by atoms with Crippen LogP contribution in [0.4, 0.5) is 0 Å². The summed E-state index contributed by atoms with van der Waals surface area (Å²) in [5.41, 5.74) is 0.694. The van der Waals surface area contributed by atoms with Crippen molar-refractivity contribution in [1.29, 1.82) is 0 Å². The summed E-state index contributed by atoms with van der Waals surface area (Å²) in [6.07, 6.45) is 2.50. The standard InChI is InChI=1S/C11H15ClN6O/c1-4-5-18-8(6-13-17-18)9-14-10(12)16-11(15-9)19-7(2)3/h6-7H,4-5H2,1-3H3. The van der Waals surface area contributed by atoms with Crippen molar-refractivity contribution in [2.24, 2.45) is 0 Å². The SMILES string of the molecule is CCCn1nncc1-c1nc(Cl)nc(OC(C)C)n1. The van der Waals surface area contributed by atoms with E-state index in [-0.39, 0.29) is 17.4 Å². The Balaban J connectivity index is 2.38. The van der Waals surface area contributed by atoms with Crippen molar-refractivity contribution in [2.45, 2.75) is 39.8 Å². The smallest absolute Gasteiger partial charge is 0.321 e. The Hall–Kier alpha value is -1.76. The molecule has 7 nitrogen and oxygen atoms in total. The van der Waals surface area contributed by atoms with Gasteiger partial charge in [-0.05, 0) is 31.9 Å². The fourth-order valence-electron chi connectivity index (χ4n) is 1.52. The van der Waals surface area contributed by atoms with Crippen LogP contribution < -0.4 is 4.74 Å². The van der Waals surface area contributed by atoms with Crippen LogP contribution in [0, 0.1) is 0 Å². The molecule has 2 rings (SSSR count). The lowest BCUT2D eigenvalue weighted by Gasteiger charge is -2.09. The van der Waals surface area contributed by atoms with E-state index in [9.17, 15) is 0 Å². The van der Waals surface area contributed by atoms with Crippen molar-refractivity contribution in [1.82, 2.24) is 29.9 Å². The summed E-state index contributed by atoms with van der Waals surface area (Å²) in [6.45, 7) is 6.57. The predicted molar refractivity (Wildman–Crippen MR) is 69.9 cm³/mol. The molecule has 0 aromatic carbocycles. The third kappa shape index (κ3) is 3.37. The summed E-state index contributed by atoms with van der Waals surface area (Å²) in [4.78, 5) is 12.2. The zero-order valence-corrected chi connectivity index (χ0v) is 11.8. The van der Waals surface area contributed by atoms with Gasteiger partial charge >= 0.3 is 6.01 Å². The van der Waals surface area contributed by atoms with E-state index in [0.29, 0.717) is 11.5 Å². The largest absolute Gasteiger partial charge is 0.461 e. The maximum atomic E-state index is 5.89. The molecular formula is C11H15ClN6O. The molecule has 0 spiro atoms. The second-order valence-electron chi connectivity index (χ2n) is 4.22. The molecular weight excluding hydrogens is 268 g/mol. The fraction of sp³-hybridized carbons (Fsp3) is 0.545. The van der Waals surface area contributed by atoms with Gasteiger partial charge in [0.25, 0.3) is 0 Å². The Bertz CT molecular complexity index is 556. The number of aromatic nitrogens is 6. The molecule has 0 aliphatic rings. The number of hydrogen-bond donors (Lipinski definition) is 0. The molecule has 0 atom stereocenters. The van der Waals surface area contributed by atoms with Crippen LogP contribution in [0.1, 0.15) is 27.2 Å². The Morgan fingerprint density at radius 3 is 2.79 bits per heavy atom. The minimum Gasteiger partial charge on any atom is -0.461 e. The van der Waals surface area contributed by atoms with Crippen LogP contribution in [0.25, 0.3) is 11.5 Å². The molecule has 0 saturated heterocycles. The monoisotopic (exact) mass is 282 g/mol. The topological polar surface area (TPSA) is 78.6 Å². The molecule has 8 heteroatoms. The van der Waals surface area contributed by atoms with Crippen molar-refractivity contribution < 1.29 is 4.74 Å². The van der Waals surface area contributed by atoms with Gasteiger partial charge in [0.05, 0.1) is 12.3 Å². The van der Waals surface area contributed by atoms with Crippen LogP contribution in [0.2, 0.25) is 5.28 Å². The molecule has 2 aromatic rings. The van der Waals surface area contributed by atoms with Crippen LogP contribution in [0.15, 0.2) is 6.20 Å².